The van der Waals surface area contributed by atoms with Gasteiger partial charge >= 0.3 is 0 Å². The van der Waals surface area contributed by atoms with Gasteiger partial charge in [-0.05, 0) is 38.2 Å². The van der Waals surface area contributed by atoms with Gasteiger partial charge in [0.1, 0.15) is 0 Å². The second-order valence-corrected chi connectivity index (χ2v) is 5.14. The van der Waals surface area contributed by atoms with Crippen molar-refractivity contribution in [1.29, 1.82) is 0 Å². The molecule has 3 heterocycles. The fourth-order valence-electron chi connectivity index (χ4n) is 2.88. The summed E-state index contributed by atoms with van der Waals surface area (Å²) in [7, 11) is 4.31. The Hall–Kier alpha value is -1.39. The van der Waals surface area contributed by atoms with Crippen LogP contribution in [0.5, 0.6) is 0 Å². The lowest BCUT2D eigenvalue weighted by Gasteiger charge is -2.25. The van der Waals surface area contributed by atoms with E-state index in [4.69, 9.17) is 0 Å². The largest absolute Gasteiger partial charge is 0.349 e. The summed E-state index contributed by atoms with van der Waals surface area (Å²) in [6.45, 7) is 3.30. The maximum Gasteiger partial charge on any atom is 0.0667 e. The molecular formula is C14H20N4. The van der Waals surface area contributed by atoms with Crippen molar-refractivity contribution in [3.63, 3.8) is 0 Å². The van der Waals surface area contributed by atoms with Crippen LogP contribution in [-0.2, 0) is 7.05 Å². The molecule has 0 aliphatic carbocycles. The fourth-order valence-corrected chi connectivity index (χ4v) is 2.88. The maximum atomic E-state index is 4.22. The lowest BCUT2D eigenvalue weighted by Crippen LogP contribution is -2.29. The minimum absolute atomic E-state index is 0.457. The number of hydrogen-bond donors (Lipinski definition) is 1. The van der Waals surface area contributed by atoms with Crippen LogP contribution in [0.1, 0.15) is 18.0 Å². The zero-order valence-corrected chi connectivity index (χ0v) is 11.1. The molecule has 1 atom stereocenters. The van der Waals surface area contributed by atoms with Crippen LogP contribution in [0.15, 0.2) is 24.7 Å². The summed E-state index contributed by atoms with van der Waals surface area (Å²) in [6.07, 6.45) is 7.30. The molecule has 2 aromatic heterocycles. The van der Waals surface area contributed by atoms with Gasteiger partial charge in [-0.15, -0.1) is 0 Å². The molecule has 96 valence electrons. The Balaban J connectivity index is 2.07. The summed E-state index contributed by atoms with van der Waals surface area (Å²) in [5.41, 5.74) is 2.62. The van der Waals surface area contributed by atoms with Crippen molar-refractivity contribution in [2.75, 3.05) is 26.7 Å². The summed E-state index contributed by atoms with van der Waals surface area (Å²) in [4.78, 5) is 6.67. The monoisotopic (exact) mass is 244 g/mol. The number of fused-ring (bicyclic) bond motifs is 1. The van der Waals surface area contributed by atoms with E-state index in [0.717, 1.165) is 19.6 Å². The molecule has 1 saturated heterocycles. The number of aryl methyl sites for hydroxylation is 1. The Morgan fingerprint density at radius 3 is 3.17 bits per heavy atom. The van der Waals surface area contributed by atoms with Crippen molar-refractivity contribution in [3.8, 4) is 0 Å². The number of hydrogen-bond acceptors (Lipinski definition) is 3. The second-order valence-electron chi connectivity index (χ2n) is 5.14. The third-order valence-electron chi connectivity index (χ3n) is 3.92. The Morgan fingerprint density at radius 1 is 1.39 bits per heavy atom. The van der Waals surface area contributed by atoms with Gasteiger partial charge in [-0.3, -0.25) is 9.88 Å². The van der Waals surface area contributed by atoms with E-state index in [1.807, 2.05) is 12.4 Å². The van der Waals surface area contributed by atoms with Crippen LogP contribution in [0.4, 0.5) is 0 Å². The average molecular weight is 244 g/mol. The van der Waals surface area contributed by atoms with Gasteiger partial charge in [0.25, 0.3) is 0 Å². The van der Waals surface area contributed by atoms with E-state index in [2.05, 4.69) is 46.1 Å². The molecular weight excluding hydrogens is 224 g/mol. The molecule has 1 N–H and O–H groups in total. The number of rotatable bonds is 1. The number of likely N-dealkylation sites (N-methyl/N-ethyl adjacent to an activating group) is 1. The summed E-state index contributed by atoms with van der Waals surface area (Å²) in [5.74, 6) is 0. The standard InChI is InChI=1S/C14H20N4/c1-17-7-3-5-15-9-14(17)12-10-18(2)13-8-16-6-4-11(12)13/h4,6,8,10,14-15H,3,5,7,9H2,1-2H3. The molecule has 0 amide bonds. The van der Waals surface area contributed by atoms with Crippen LogP contribution < -0.4 is 5.32 Å². The minimum Gasteiger partial charge on any atom is -0.349 e. The van der Waals surface area contributed by atoms with E-state index in [1.165, 1.54) is 22.9 Å². The first-order valence-electron chi connectivity index (χ1n) is 6.57. The molecule has 0 bridgehead atoms. The predicted octanol–water partition coefficient (Wildman–Crippen LogP) is 1.54. The number of nitrogens with one attached hydrogen (secondary N) is 1. The number of aromatic nitrogens is 2. The molecule has 1 unspecified atom stereocenters. The van der Waals surface area contributed by atoms with Crippen molar-refractivity contribution < 1.29 is 0 Å². The smallest absolute Gasteiger partial charge is 0.0667 e. The van der Waals surface area contributed by atoms with E-state index in [9.17, 15) is 0 Å². The molecule has 4 heteroatoms. The van der Waals surface area contributed by atoms with Crippen molar-refractivity contribution in [2.24, 2.45) is 7.05 Å². The molecule has 4 nitrogen and oxygen atoms in total. The zero-order chi connectivity index (χ0) is 12.5. The van der Waals surface area contributed by atoms with Crippen molar-refractivity contribution in [3.05, 3.63) is 30.2 Å². The van der Waals surface area contributed by atoms with Gasteiger partial charge in [0, 0.05) is 37.4 Å². The molecule has 1 fully saturated rings. The highest BCUT2D eigenvalue weighted by Gasteiger charge is 2.22. The lowest BCUT2D eigenvalue weighted by molar-refractivity contribution is 0.263. The Kier molecular flexibility index (Phi) is 3.06. The SMILES string of the molecule is CN1CCCNCC1c1cn(C)c2cnccc12. The molecule has 0 saturated carbocycles. The highest BCUT2D eigenvalue weighted by Crippen LogP contribution is 2.29. The second kappa shape index (κ2) is 4.71. The Morgan fingerprint density at radius 2 is 2.28 bits per heavy atom. The van der Waals surface area contributed by atoms with E-state index in [-0.39, 0.29) is 0 Å². The Labute approximate surface area is 108 Å². The zero-order valence-electron chi connectivity index (χ0n) is 11.1. The highest BCUT2D eigenvalue weighted by atomic mass is 15.2. The first-order valence-corrected chi connectivity index (χ1v) is 6.57. The van der Waals surface area contributed by atoms with Gasteiger partial charge in [-0.25, -0.2) is 0 Å². The van der Waals surface area contributed by atoms with Gasteiger partial charge < -0.3 is 9.88 Å². The predicted molar refractivity (Wildman–Crippen MR) is 73.6 cm³/mol. The first-order chi connectivity index (χ1) is 8.77. The third-order valence-corrected chi connectivity index (χ3v) is 3.92. The number of nitrogens with zero attached hydrogens (tertiary/aromatic N) is 3. The van der Waals surface area contributed by atoms with Crippen LogP contribution in [0.25, 0.3) is 10.9 Å². The number of pyridine rings is 1. The van der Waals surface area contributed by atoms with Crippen LogP contribution in [0, 0.1) is 0 Å². The van der Waals surface area contributed by atoms with Gasteiger partial charge in [0.2, 0.25) is 0 Å². The van der Waals surface area contributed by atoms with Crippen molar-refractivity contribution in [1.82, 2.24) is 19.8 Å². The summed E-state index contributed by atoms with van der Waals surface area (Å²) >= 11 is 0. The molecule has 0 spiro atoms. The van der Waals surface area contributed by atoms with Gasteiger partial charge in [-0.2, -0.15) is 0 Å². The van der Waals surface area contributed by atoms with Gasteiger partial charge in [0.15, 0.2) is 0 Å². The molecule has 2 aromatic rings. The highest BCUT2D eigenvalue weighted by molar-refractivity contribution is 5.83. The summed E-state index contributed by atoms with van der Waals surface area (Å²) in [6, 6.07) is 2.59. The quantitative estimate of drug-likeness (QED) is 0.826. The van der Waals surface area contributed by atoms with Crippen LogP contribution in [-0.4, -0.2) is 41.1 Å². The Bertz CT molecular complexity index is 546. The summed E-state index contributed by atoms with van der Waals surface area (Å²) < 4.78 is 2.18. The normalized spacial score (nSPS) is 22.2. The molecule has 0 radical (unpaired) electrons. The van der Waals surface area contributed by atoms with Crippen molar-refractivity contribution >= 4 is 10.9 Å². The first kappa shape index (κ1) is 11.7. The van der Waals surface area contributed by atoms with Crippen LogP contribution in [0.2, 0.25) is 0 Å². The molecule has 18 heavy (non-hydrogen) atoms. The topological polar surface area (TPSA) is 33.1 Å². The van der Waals surface area contributed by atoms with Gasteiger partial charge in [0.05, 0.1) is 11.7 Å². The van der Waals surface area contributed by atoms with Gasteiger partial charge in [-0.1, -0.05) is 0 Å². The van der Waals surface area contributed by atoms with Crippen LogP contribution >= 0.6 is 0 Å². The van der Waals surface area contributed by atoms with E-state index >= 15 is 0 Å². The molecule has 1 aliphatic heterocycles. The molecule has 1 aliphatic rings. The fraction of sp³-hybridized carbons (Fsp3) is 0.500. The lowest BCUT2D eigenvalue weighted by atomic mass is 10.1. The van der Waals surface area contributed by atoms with E-state index in [0.29, 0.717) is 6.04 Å². The average Bonchev–Trinajstić information content (AvgIpc) is 2.57. The van der Waals surface area contributed by atoms with Crippen molar-refractivity contribution in [2.45, 2.75) is 12.5 Å². The molecule has 3 rings (SSSR count). The minimum atomic E-state index is 0.457. The molecule has 0 aromatic carbocycles. The van der Waals surface area contributed by atoms with E-state index in [1.54, 1.807) is 0 Å². The summed E-state index contributed by atoms with van der Waals surface area (Å²) in [5, 5.41) is 4.86. The van der Waals surface area contributed by atoms with Crippen LogP contribution in [0.3, 0.4) is 0 Å². The third kappa shape index (κ3) is 1.91. The van der Waals surface area contributed by atoms with E-state index < -0.39 is 0 Å². The maximum absolute atomic E-state index is 4.22.